The molecular formula is C21H29BrN4O3. The number of nitrogens with one attached hydrogen (secondary N) is 2. The first kappa shape index (κ1) is 20.6. The highest BCUT2D eigenvalue weighted by molar-refractivity contribution is 9.10. The molecule has 158 valence electrons. The Labute approximate surface area is 179 Å². The third kappa shape index (κ3) is 4.14. The van der Waals surface area contributed by atoms with Crippen molar-refractivity contribution in [1.29, 1.82) is 0 Å². The predicted octanol–water partition coefficient (Wildman–Crippen LogP) is 2.70. The number of rotatable bonds is 5. The van der Waals surface area contributed by atoms with Gasteiger partial charge < -0.3 is 15.7 Å². The summed E-state index contributed by atoms with van der Waals surface area (Å²) in [6.07, 6.45) is 9.84. The lowest BCUT2D eigenvalue weighted by Crippen LogP contribution is -2.61. The minimum absolute atomic E-state index is 0.112. The highest BCUT2D eigenvalue weighted by Crippen LogP contribution is 2.55. The highest BCUT2D eigenvalue weighted by atomic mass is 79.9. The summed E-state index contributed by atoms with van der Waals surface area (Å²) in [7, 11) is 0. The van der Waals surface area contributed by atoms with E-state index in [1.165, 1.54) is 6.92 Å². The second-order valence-electron chi connectivity index (χ2n) is 9.71. The van der Waals surface area contributed by atoms with Crippen LogP contribution in [0.1, 0.15) is 63.2 Å². The van der Waals surface area contributed by atoms with Crippen LogP contribution in [0.15, 0.2) is 16.9 Å². The predicted molar refractivity (Wildman–Crippen MR) is 113 cm³/mol. The monoisotopic (exact) mass is 464 g/mol. The number of carbonyl (C=O) groups excluding carboxylic acids is 2. The van der Waals surface area contributed by atoms with E-state index in [4.69, 9.17) is 0 Å². The van der Waals surface area contributed by atoms with Crippen molar-refractivity contribution < 1.29 is 14.7 Å². The Kier molecular flexibility index (Phi) is 5.14. The molecule has 2 atom stereocenters. The largest absolute Gasteiger partial charge is 0.390 e. The third-order valence-electron chi connectivity index (χ3n) is 6.65. The Morgan fingerprint density at radius 3 is 2.55 bits per heavy atom. The molecule has 4 aliphatic carbocycles. The zero-order valence-electron chi connectivity index (χ0n) is 17.1. The first-order valence-corrected chi connectivity index (χ1v) is 11.1. The highest BCUT2D eigenvalue weighted by Gasteiger charge is 2.55. The molecule has 29 heavy (non-hydrogen) atoms. The van der Waals surface area contributed by atoms with Crippen molar-refractivity contribution in [1.82, 2.24) is 20.4 Å². The van der Waals surface area contributed by atoms with Crippen LogP contribution in [-0.4, -0.2) is 43.9 Å². The molecule has 4 saturated carbocycles. The molecule has 1 aromatic rings. The minimum atomic E-state index is -0.527. The number of hydrogen-bond acceptors (Lipinski definition) is 4. The average molecular weight is 465 g/mol. The summed E-state index contributed by atoms with van der Waals surface area (Å²) in [4.78, 5) is 24.3. The van der Waals surface area contributed by atoms with Gasteiger partial charge in [-0.1, -0.05) is 0 Å². The topological polar surface area (TPSA) is 96.2 Å². The van der Waals surface area contributed by atoms with Gasteiger partial charge in [0, 0.05) is 19.2 Å². The van der Waals surface area contributed by atoms with Crippen LogP contribution < -0.4 is 10.6 Å². The van der Waals surface area contributed by atoms with Gasteiger partial charge in [-0.05, 0) is 85.7 Å². The maximum atomic E-state index is 13.0. The van der Waals surface area contributed by atoms with Gasteiger partial charge in [0.25, 0.3) is 5.91 Å². The van der Waals surface area contributed by atoms with E-state index in [0.29, 0.717) is 27.9 Å². The van der Waals surface area contributed by atoms with E-state index in [1.54, 1.807) is 17.1 Å². The number of nitrogens with zero attached hydrogens (tertiary/aromatic N) is 2. The number of amides is 2. The third-order valence-corrected chi connectivity index (χ3v) is 7.44. The molecule has 0 spiro atoms. The number of aromatic nitrogens is 2. The minimum Gasteiger partial charge on any atom is -0.390 e. The van der Waals surface area contributed by atoms with Gasteiger partial charge in [0.15, 0.2) is 0 Å². The van der Waals surface area contributed by atoms with Crippen LogP contribution in [0.25, 0.3) is 6.20 Å². The second-order valence-corrected chi connectivity index (χ2v) is 10.5. The Bertz CT molecular complexity index is 846. The molecule has 4 bridgehead atoms. The van der Waals surface area contributed by atoms with Crippen molar-refractivity contribution in [3.05, 3.63) is 22.4 Å². The van der Waals surface area contributed by atoms with Crippen molar-refractivity contribution in [3.63, 3.8) is 0 Å². The van der Waals surface area contributed by atoms with Gasteiger partial charge in [-0.3, -0.25) is 9.59 Å². The van der Waals surface area contributed by atoms with E-state index in [2.05, 4.69) is 31.7 Å². The van der Waals surface area contributed by atoms with Crippen molar-refractivity contribution in [2.45, 2.75) is 70.1 Å². The van der Waals surface area contributed by atoms with Gasteiger partial charge >= 0.3 is 0 Å². The lowest BCUT2D eigenvalue weighted by Gasteiger charge is -2.58. The quantitative estimate of drug-likeness (QED) is 0.623. The fourth-order valence-electron chi connectivity index (χ4n) is 5.80. The Balaban J connectivity index is 1.45. The molecule has 4 fully saturated rings. The fourth-order valence-corrected chi connectivity index (χ4v) is 6.29. The summed E-state index contributed by atoms with van der Waals surface area (Å²) in [5.41, 5.74) is -0.547. The Hall–Kier alpha value is -1.67. The van der Waals surface area contributed by atoms with E-state index in [9.17, 15) is 14.7 Å². The molecular weight excluding hydrogens is 436 g/mol. The Morgan fingerprint density at radius 2 is 1.97 bits per heavy atom. The van der Waals surface area contributed by atoms with Gasteiger partial charge in [0.2, 0.25) is 5.91 Å². The molecule has 3 N–H and O–H groups in total. The van der Waals surface area contributed by atoms with Crippen LogP contribution in [0.2, 0.25) is 0 Å². The lowest BCUT2D eigenvalue weighted by molar-refractivity contribution is -0.136. The van der Waals surface area contributed by atoms with Crippen LogP contribution in [0.5, 0.6) is 0 Å². The molecule has 4 aliphatic rings. The normalized spacial score (nSPS) is 33.3. The van der Waals surface area contributed by atoms with E-state index in [1.807, 2.05) is 19.9 Å². The number of halogens is 1. The van der Waals surface area contributed by atoms with E-state index in [0.717, 1.165) is 32.1 Å². The molecule has 2 amide bonds. The molecule has 7 nitrogen and oxygen atoms in total. The standard InChI is InChI=1S/C21H29BrN4O3/c1-12(27)25-20(2,3)4-5-26-18(22)16(11-23-26)19(28)24-17-14-6-13-7-15(17)10-21(29,8-13)9-14/h4-5,11,13-15,17,29H,6-10H2,1-3H3,(H,24,28)(H,25,27). The number of carbonyl (C=O) groups is 2. The molecule has 0 saturated heterocycles. The van der Waals surface area contributed by atoms with Gasteiger partial charge in [-0.2, -0.15) is 5.10 Å². The molecule has 0 radical (unpaired) electrons. The molecule has 1 heterocycles. The molecule has 2 unspecified atom stereocenters. The van der Waals surface area contributed by atoms with Crippen LogP contribution in [-0.2, 0) is 4.79 Å². The van der Waals surface area contributed by atoms with Crippen molar-refractivity contribution in [2.24, 2.45) is 17.8 Å². The lowest BCUT2D eigenvalue weighted by atomic mass is 9.52. The first-order valence-electron chi connectivity index (χ1n) is 10.3. The van der Waals surface area contributed by atoms with Crippen molar-refractivity contribution >= 4 is 33.9 Å². The van der Waals surface area contributed by atoms with Gasteiger partial charge in [-0.15, -0.1) is 0 Å². The summed E-state index contributed by atoms with van der Waals surface area (Å²) >= 11 is 3.48. The second kappa shape index (κ2) is 7.23. The summed E-state index contributed by atoms with van der Waals surface area (Å²) in [6, 6.07) is 0.129. The van der Waals surface area contributed by atoms with Crippen molar-refractivity contribution in [2.75, 3.05) is 0 Å². The Morgan fingerprint density at radius 1 is 1.31 bits per heavy atom. The molecule has 1 aromatic heterocycles. The number of hydrogen-bond donors (Lipinski definition) is 3. The van der Waals surface area contributed by atoms with E-state index < -0.39 is 11.1 Å². The number of aliphatic hydroxyl groups is 1. The van der Waals surface area contributed by atoms with Gasteiger partial charge in [0.05, 0.1) is 22.9 Å². The fraction of sp³-hybridized carbons (Fsp3) is 0.667. The first-order chi connectivity index (χ1) is 13.6. The van der Waals surface area contributed by atoms with Crippen LogP contribution in [0.3, 0.4) is 0 Å². The van der Waals surface area contributed by atoms with Crippen LogP contribution in [0, 0.1) is 17.8 Å². The van der Waals surface area contributed by atoms with Crippen LogP contribution in [0.4, 0.5) is 0 Å². The SMILES string of the molecule is CC(=O)NC(C)(C)C=Cn1ncc(C(=O)NC2C3CC4CC2CC(O)(C4)C3)c1Br. The zero-order valence-corrected chi connectivity index (χ0v) is 18.7. The maximum absolute atomic E-state index is 13.0. The van der Waals surface area contributed by atoms with Gasteiger partial charge in [-0.25, -0.2) is 4.68 Å². The van der Waals surface area contributed by atoms with Crippen molar-refractivity contribution in [3.8, 4) is 0 Å². The maximum Gasteiger partial charge on any atom is 0.255 e. The smallest absolute Gasteiger partial charge is 0.255 e. The molecule has 5 rings (SSSR count). The molecule has 0 aliphatic heterocycles. The van der Waals surface area contributed by atoms with E-state index >= 15 is 0 Å². The summed E-state index contributed by atoms with van der Waals surface area (Å²) in [6.45, 7) is 5.25. The average Bonchev–Trinajstić information content (AvgIpc) is 2.94. The van der Waals surface area contributed by atoms with E-state index in [-0.39, 0.29) is 17.9 Å². The molecule has 8 heteroatoms. The molecule has 0 aromatic carbocycles. The summed E-state index contributed by atoms with van der Waals surface area (Å²) < 4.78 is 2.16. The van der Waals surface area contributed by atoms with Gasteiger partial charge in [0.1, 0.15) is 4.60 Å². The summed E-state index contributed by atoms with van der Waals surface area (Å²) in [5.74, 6) is 1.09. The zero-order chi connectivity index (χ0) is 21.0. The summed E-state index contributed by atoms with van der Waals surface area (Å²) in [5, 5.41) is 21.1. The van der Waals surface area contributed by atoms with Crippen LogP contribution >= 0.6 is 15.9 Å².